The van der Waals surface area contributed by atoms with Gasteiger partial charge in [0.1, 0.15) is 23.4 Å². The molecule has 26 heavy (non-hydrogen) atoms. The summed E-state index contributed by atoms with van der Waals surface area (Å²) in [5.74, 6) is 2.00. The molecule has 1 aromatic carbocycles. The minimum Gasteiger partial charge on any atom is -0.494 e. The van der Waals surface area contributed by atoms with Crippen LogP contribution in [0, 0.1) is 0 Å². The van der Waals surface area contributed by atoms with Crippen LogP contribution in [0.15, 0.2) is 42.9 Å². The molecule has 0 saturated heterocycles. The normalized spacial score (nSPS) is 19.2. The quantitative estimate of drug-likeness (QED) is 0.763. The number of ether oxygens (including phenoxy) is 1. The van der Waals surface area contributed by atoms with E-state index in [0.717, 1.165) is 46.6 Å². The Balaban J connectivity index is 1.60. The predicted octanol–water partition coefficient (Wildman–Crippen LogP) is 2.91. The molecule has 1 aliphatic rings. The average molecular weight is 350 g/mol. The molecule has 1 N–H and O–H groups in total. The summed E-state index contributed by atoms with van der Waals surface area (Å²) in [7, 11) is 3.68. The predicted molar refractivity (Wildman–Crippen MR) is 100 cm³/mol. The topological polar surface area (TPSA) is 71.4 Å². The highest BCUT2D eigenvalue weighted by atomic mass is 16.5. The number of hydrogen-bond acceptors (Lipinski definition) is 6. The fraction of sp³-hybridized carbons (Fsp3) is 0.350. The Morgan fingerprint density at radius 3 is 2.81 bits per heavy atom. The lowest BCUT2D eigenvalue weighted by molar-refractivity contribution is 0.0732. The number of hydrogen-bond donors (Lipinski definition) is 1. The van der Waals surface area contributed by atoms with Crippen molar-refractivity contribution in [1.29, 1.82) is 0 Å². The van der Waals surface area contributed by atoms with Gasteiger partial charge in [0.25, 0.3) is 0 Å². The Kier molecular flexibility index (Phi) is 4.42. The summed E-state index contributed by atoms with van der Waals surface area (Å²) in [6, 6.07) is 10.1. The van der Waals surface area contributed by atoms with Gasteiger partial charge in [-0.1, -0.05) is 12.1 Å². The fourth-order valence-corrected chi connectivity index (χ4v) is 3.47. The van der Waals surface area contributed by atoms with Gasteiger partial charge in [0.05, 0.1) is 13.2 Å². The zero-order valence-electron chi connectivity index (χ0n) is 15.0. The van der Waals surface area contributed by atoms with Crippen molar-refractivity contribution < 1.29 is 9.84 Å². The van der Waals surface area contributed by atoms with Crippen LogP contribution < -0.4 is 9.64 Å². The van der Waals surface area contributed by atoms with Crippen molar-refractivity contribution in [2.45, 2.75) is 31.4 Å². The Bertz CT molecular complexity index is 925. The molecule has 1 aliphatic carbocycles. The lowest BCUT2D eigenvalue weighted by Gasteiger charge is -2.31. The number of rotatable bonds is 5. The molecule has 0 atom stereocenters. The number of pyridine rings is 1. The van der Waals surface area contributed by atoms with Gasteiger partial charge in [0.2, 0.25) is 0 Å². The van der Waals surface area contributed by atoms with Crippen molar-refractivity contribution in [2.24, 2.45) is 0 Å². The van der Waals surface area contributed by atoms with E-state index in [4.69, 9.17) is 4.74 Å². The van der Waals surface area contributed by atoms with Gasteiger partial charge in [0.15, 0.2) is 0 Å². The summed E-state index contributed by atoms with van der Waals surface area (Å²) < 4.78 is 5.42. The zero-order chi connectivity index (χ0) is 18.1. The molecule has 1 saturated carbocycles. The molecule has 134 valence electrons. The van der Waals surface area contributed by atoms with Crippen molar-refractivity contribution in [3.63, 3.8) is 0 Å². The van der Waals surface area contributed by atoms with Gasteiger partial charge >= 0.3 is 0 Å². The number of nitrogens with zero attached hydrogens (tertiary/aromatic N) is 4. The Morgan fingerprint density at radius 2 is 2.04 bits per heavy atom. The summed E-state index contributed by atoms with van der Waals surface area (Å²) in [6.07, 6.45) is 4.78. The number of fused-ring (bicyclic) bond motifs is 1. The molecule has 1 fully saturated rings. The molecule has 2 heterocycles. The minimum absolute atomic E-state index is 0.186. The van der Waals surface area contributed by atoms with Crippen molar-refractivity contribution >= 4 is 16.7 Å². The van der Waals surface area contributed by atoms with E-state index < -0.39 is 0 Å². The Morgan fingerprint density at radius 1 is 1.19 bits per heavy atom. The molecule has 2 aromatic heterocycles. The third-order valence-corrected chi connectivity index (χ3v) is 5.05. The molecule has 0 bridgehead atoms. The van der Waals surface area contributed by atoms with Crippen LogP contribution in [0.2, 0.25) is 0 Å². The summed E-state index contributed by atoms with van der Waals surface area (Å²) in [5, 5.41) is 10.6. The van der Waals surface area contributed by atoms with E-state index in [0.29, 0.717) is 12.5 Å². The smallest absolute Gasteiger partial charge is 0.145 e. The van der Waals surface area contributed by atoms with E-state index in [1.54, 1.807) is 19.6 Å². The lowest BCUT2D eigenvalue weighted by Crippen LogP contribution is -2.27. The molecule has 0 amide bonds. The molecular weight excluding hydrogens is 328 g/mol. The van der Waals surface area contributed by atoms with Crippen LogP contribution in [0.25, 0.3) is 10.9 Å². The first-order chi connectivity index (χ1) is 12.7. The standard InChI is InChI=1S/C20H22N4O2/c1-24(19-10-17(22-12-23-19)14-8-15(25)9-14)11-13-5-6-18(26-2)20-16(13)4-3-7-21-20/h3-7,10,12,14-15,25H,8-9,11H2,1-2H3. The fourth-order valence-electron chi connectivity index (χ4n) is 3.47. The van der Waals surface area contributed by atoms with Crippen molar-refractivity contribution in [3.8, 4) is 5.75 Å². The van der Waals surface area contributed by atoms with Gasteiger partial charge in [-0.05, 0) is 30.5 Å². The van der Waals surface area contributed by atoms with E-state index in [1.807, 2.05) is 25.2 Å². The molecule has 0 unspecified atom stereocenters. The van der Waals surface area contributed by atoms with E-state index in [2.05, 4.69) is 32.0 Å². The highest BCUT2D eigenvalue weighted by Crippen LogP contribution is 2.36. The van der Waals surface area contributed by atoms with E-state index in [1.165, 1.54) is 0 Å². The van der Waals surface area contributed by atoms with Gasteiger partial charge < -0.3 is 14.7 Å². The maximum absolute atomic E-state index is 9.53. The number of methoxy groups -OCH3 is 1. The molecule has 3 aromatic rings. The number of anilines is 1. The molecule has 6 heteroatoms. The van der Waals surface area contributed by atoms with Crippen LogP contribution in [0.3, 0.4) is 0 Å². The Hall–Kier alpha value is -2.73. The maximum atomic E-state index is 9.53. The van der Waals surface area contributed by atoms with Gasteiger partial charge in [-0.15, -0.1) is 0 Å². The van der Waals surface area contributed by atoms with E-state index in [-0.39, 0.29) is 6.10 Å². The molecular formula is C20H22N4O2. The maximum Gasteiger partial charge on any atom is 0.145 e. The van der Waals surface area contributed by atoms with Crippen LogP contribution in [-0.4, -0.2) is 40.3 Å². The van der Waals surface area contributed by atoms with Crippen LogP contribution in [0.1, 0.15) is 30.0 Å². The first kappa shape index (κ1) is 16.7. The van der Waals surface area contributed by atoms with Crippen LogP contribution in [0.5, 0.6) is 5.75 Å². The second kappa shape index (κ2) is 6.88. The van der Waals surface area contributed by atoms with E-state index >= 15 is 0 Å². The second-order valence-electron chi connectivity index (χ2n) is 6.81. The highest BCUT2D eigenvalue weighted by molar-refractivity contribution is 5.87. The van der Waals surface area contributed by atoms with Crippen LogP contribution in [-0.2, 0) is 6.54 Å². The number of benzene rings is 1. The molecule has 0 radical (unpaired) electrons. The highest BCUT2D eigenvalue weighted by Gasteiger charge is 2.30. The summed E-state index contributed by atoms with van der Waals surface area (Å²) in [6.45, 7) is 0.704. The molecule has 6 nitrogen and oxygen atoms in total. The number of aliphatic hydroxyl groups is 1. The monoisotopic (exact) mass is 350 g/mol. The largest absolute Gasteiger partial charge is 0.494 e. The summed E-state index contributed by atoms with van der Waals surface area (Å²) in [4.78, 5) is 15.4. The molecule has 0 aliphatic heterocycles. The van der Waals surface area contributed by atoms with Gasteiger partial charge in [-0.3, -0.25) is 4.98 Å². The van der Waals surface area contributed by atoms with Crippen molar-refractivity contribution in [3.05, 3.63) is 54.1 Å². The first-order valence-corrected chi connectivity index (χ1v) is 8.77. The van der Waals surface area contributed by atoms with Gasteiger partial charge in [0, 0.05) is 42.9 Å². The third-order valence-electron chi connectivity index (χ3n) is 5.05. The second-order valence-corrected chi connectivity index (χ2v) is 6.81. The molecule has 0 spiro atoms. The van der Waals surface area contributed by atoms with Gasteiger partial charge in [-0.25, -0.2) is 9.97 Å². The summed E-state index contributed by atoms with van der Waals surface area (Å²) in [5.41, 5.74) is 3.04. The van der Waals surface area contributed by atoms with Crippen LogP contribution in [0.4, 0.5) is 5.82 Å². The number of aliphatic hydroxyl groups excluding tert-OH is 1. The molecule has 4 rings (SSSR count). The first-order valence-electron chi connectivity index (χ1n) is 8.77. The Labute approximate surface area is 152 Å². The number of aromatic nitrogens is 3. The van der Waals surface area contributed by atoms with Gasteiger partial charge in [-0.2, -0.15) is 0 Å². The third kappa shape index (κ3) is 3.08. The summed E-state index contributed by atoms with van der Waals surface area (Å²) >= 11 is 0. The van der Waals surface area contributed by atoms with Crippen LogP contribution >= 0.6 is 0 Å². The SMILES string of the molecule is COc1ccc(CN(C)c2cc(C3CC(O)C3)ncn2)c2cccnc12. The van der Waals surface area contributed by atoms with Crippen molar-refractivity contribution in [1.82, 2.24) is 15.0 Å². The minimum atomic E-state index is -0.186. The zero-order valence-corrected chi connectivity index (χ0v) is 15.0. The lowest BCUT2D eigenvalue weighted by atomic mass is 9.80. The average Bonchev–Trinajstić information content (AvgIpc) is 2.66. The van der Waals surface area contributed by atoms with Crippen molar-refractivity contribution in [2.75, 3.05) is 19.1 Å². The van der Waals surface area contributed by atoms with E-state index in [9.17, 15) is 5.11 Å².